The third-order valence-corrected chi connectivity index (χ3v) is 1.95. The Labute approximate surface area is 102 Å². The molecule has 2 rings (SSSR count). The molecule has 1 radical (unpaired) electrons. The number of benzene rings is 2. The Morgan fingerprint density at radius 2 is 1.72 bits per heavy atom. The summed E-state index contributed by atoms with van der Waals surface area (Å²) in [6.45, 7) is 0. The van der Waals surface area contributed by atoms with E-state index in [9.17, 15) is 13.2 Å². The van der Waals surface area contributed by atoms with E-state index >= 15 is 0 Å². The maximum absolute atomic E-state index is 12.0. The van der Waals surface area contributed by atoms with E-state index in [1.807, 2.05) is 0 Å². The Kier molecular flexibility index (Phi) is 3.41. The van der Waals surface area contributed by atoms with Gasteiger partial charge in [0.05, 0.1) is 0 Å². The lowest BCUT2D eigenvalue weighted by molar-refractivity contribution is -0.274. The first-order valence-electron chi connectivity index (χ1n) is 5.03. The van der Waals surface area contributed by atoms with Gasteiger partial charge >= 0.3 is 6.36 Å². The Balaban J connectivity index is 2.13. The highest BCUT2D eigenvalue weighted by molar-refractivity contribution is 5.36. The zero-order valence-corrected chi connectivity index (χ0v) is 9.07. The number of hydrogen-bond acceptors (Lipinski definition) is 2. The van der Waals surface area contributed by atoms with E-state index in [1.165, 1.54) is 18.2 Å². The topological polar surface area (TPSA) is 18.5 Å². The van der Waals surface area contributed by atoms with Crippen LogP contribution in [-0.4, -0.2) is 6.36 Å². The summed E-state index contributed by atoms with van der Waals surface area (Å²) in [7, 11) is 0. The minimum absolute atomic E-state index is 0.249. The van der Waals surface area contributed by atoms with E-state index in [0.29, 0.717) is 5.75 Å². The maximum atomic E-state index is 12.0. The highest BCUT2D eigenvalue weighted by atomic mass is 19.4. The predicted octanol–water partition coefficient (Wildman–Crippen LogP) is 4.18. The second kappa shape index (κ2) is 5.00. The quantitative estimate of drug-likeness (QED) is 0.817. The average Bonchev–Trinajstić information content (AvgIpc) is 2.28. The maximum Gasteiger partial charge on any atom is 0.573 e. The van der Waals surface area contributed by atoms with Crippen molar-refractivity contribution in [1.82, 2.24) is 0 Å². The number of halogens is 3. The summed E-state index contributed by atoms with van der Waals surface area (Å²) in [6.07, 6.45) is -4.71. The van der Waals surface area contributed by atoms with Crippen LogP contribution in [0.4, 0.5) is 13.2 Å². The molecule has 0 amide bonds. The van der Waals surface area contributed by atoms with Crippen LogP contribution in [0.5, 0.6) is 17.2 Å². The number of hydrogen-bond donors (Lipinski definition) is 0. The third kappa shape index (κ3) is 3.69. The predicted molar refractivity (Wildman–Crippen MR) is 58.5 cm³/mol. The summed E-state index contributed by atoms with van der Waals surface area (Å²) in [5, 5.41) is 0. The SMILES string of the molecule is FC(F)(F)Oc1cccc(Oc2[c]cccc2)c1. The van der Waals surface area contributed by atoms with Gasteiger partial charge in [-0.15, -0.1) is 13.2 Å². The number of ether oxygens (including phenoxy) is 2. The van der Waals surface area contributed by atoms with E-state index in [0.717, 1.165) is 6.07 Å². The van der Waals surface area contributed by atoms with Crippen molar-refractivity contribution >= 4 is 0 Å². The highest BCUT2D eigenvalue weighted by Gasteiger charge is 2.31. The average molecular weight is 253 g/mol. The van der Waals surface area contributed by atoms with Crippen molar-refractivity contribution in [2.75, 3.05) is 0 Å². The van der Waals surface area contributed by atoms with Crippen molar-refractivity contribution in [3.63, 3.8) is 0 Å². The van der Waals surface area contributed by atoms with Gasteiger partial charge in [-0.25, -0.2) is 0 Å². The Bertz CT molecular complexity index is 509. The summed E-state index contributed by atoms with van der Waals surface area (Å²) >= 11 is 0. The Morgan fingerprint density at radius 1 is 0.944 bits per heavy atom. The van der Waals surface area contributed by atoms with Gasteiger partial charge in [0.15, 0.2) is 0 Å². The molecule has 0 aromatic heterocycles. The van der Waals surface area contributed by atoms with E-state index in [1.54, 1.807) is 24.3 Å². The second-order valence-electron chi connectivity index (χ2n) is 3.35. The molecule has 0 aliphatic rings. The lowest BCUT2D eigenvalue weighted by Crippen LogP contribution is -2.16. The lowest BCUT2D eigenvalue weighted by Gasteiger charge is -2.10. The fraction of sp³-hybridized carbons (Fsp3) is 0.0769. The van der Waals surface area contributed by atoms with Gasteiger partial charge in [0.25, 0.3) is 0 Å². The molecule has 0 spiro atoms. The normalized spacial score (nSPS) is 11.1. The molecule has 0 saturated carbocycles. The molecule has 0 N–H and O–H groups in total. The number of rotatable bonds is 3. The van der Waals surface area contributed by atoms with E-state index in [-0.39, 0.29) is 11.5 Å². The van der Waals surface area contributed by atoms with Crippen molar-refractivity contribution in [1.29, 1.82) is 0 Å². The van der Waals surface area contributed by atoms with E-state index in [2.05, 4.69) is 10.8 Å². The first kappa shape index (κ1) is 12.3. The highest BCUT2D eigenvalue weighted by Crippen LogP contribution is 2.28. The van der Waals surface area contributed by atoms with E-state index in [4.69, 9.17) is 4.74 Å². The third-order valence-electron chi connectivity index (χ3n) is 1.95. The van der Waals surface area contributed by atoms with Gasteiger partial charge in [0.1, 0.15) is 17.2 Å². The molecule has 2 aromatic rings. The molecule has 0 saturated heterocycles. The minimum Gasteiger partial charge on any atom is -0.457 e. The van der Waals surface area contributed by atoms with Crippen molar-refractivity contribution in [2.24, 2.45) is 0 Å². The molecule has 0 heterocycles. The molecular weight excluding hydrogens is 245 g/mol. The molecule has 5 heteroatoms. The minimum atomic E-state index is -4.71. The van der Waals surface area contributed by atoms with E-state index < -0.39 is 6.36 Å². The van der Waals surface area contributed by atoms with Gasteiger partial charge in [-0.1, -0.05) is 24.3 Å². The lowest BCUT2D eigenvalue weighted by atomic mass is 10.3. The summed E-state index contributed by atoms with van der Waals surface area (Å²) in [5.74, 6) is 0.344. The zero-order valence-electron chi connectivity index (χ0n) is 9.07. The van der Waals surface area contributed by atoms with Crippen LogP contribution in [0, 0.1) is 6.07 Å². The van der Waals surface area contributed by atoms with Crippen molar-refractivity contribution in [3.05, 3.63) is 54.6 Å². The first-order chi connectivity index (χ1) is 8.53. The largest absolute Gasteiger partial charge is 0.573 e. The standard InChI is InChI=1S/C13H8F3O2/c14-13(15,16)18-12-8-4-7-11(9-12)17-10-5-2-1-3-6-10/h1-5,7-9H. The molecule has 0 unspecified atom stereocenters. The zero-order chi connectivity index (χ0) is 13.0. The molecule has 0 aliphatic heterocycles. The fourth-order valence-corrected chi connectivity index (χ4v) is 1.30. The molecule has 0 atom stereocenters. The van der Waals surface area contributed by atoms with Crippen LogP contribution in [0.15, 0.2) is 48.5 Å². The monoisotopic (exact) mass is 253 g/mol. The Morgan fingerprint density at radius 3 is 2.39 bits per heavy atom. The molecule has 2 nitrogen and oxygen atoms in total. The van der Waals surface area contributed by atoms with Crippen LogP contribution in [0.2, 0.25) is 0 Å². The summed E-state index contributed by atoms with van der Waals surface area (Å²) < 4.78 is 45.2. The Hall–Kier alpha value is -2.17. The first-order valence-corrected chi connectivity index (χ1v) is 5.03. The smallest absolute Gasteiger partial charge is 0.457 e. The molecule has 0 bridgehead atoms. The summed E-state index contributed by atoms with van der Waals surface area (Å²) in [4.78, 5) is 0. The van der Waals surface area contributed by atoms with Crippen molar-refractivity contribution in [2.45, 2.75) is 6.36 Å². The van der Waals surface area contributed by atoms with Crippen LogP contribution < -0.4 is 9.47 Å². The fourth-order valence-electron chi connectivity index (χ4n) is 1.30. The number of para-hydroxylation sites is 1. The van der Waals surface area contributed by atoms with Gasteiger partial charge in [0.2, 0.25) is 0 Å². The van der Waals surface area contributed by atoms with Crippen LogP contribution in [-0.2, 0) is 0 Å². The molecule has 93 valence electrons. The van der Waals surface area contributed by atoms with Gasteiger partial charge in [-0.2, -0.15) is 0 Å². The van der Waals surface area contributed by atoms with Gasteiger partial charge in [0, 0.05) is 12.1 Å². The molecule has 2 aromatic carbocycles. The van der Waals surface area contributed by atoms with Crippen LogP contribution in [0.1, 0.15) is 0 Å². The van der Waals surface area contributed by atoms with Gasteiger partial charge in [-0.05, 0) is 18.2 Å². The second-order valence-corrected chi connectivity index (χ2v) is 3.35. The summed E-state index contributed by atoms with van der Waals surface area (Å²) in [6, 6.07) is 14.9. The summed E-state index contributed by atoms with van der Waals surface area (Å²) in [5.41, 5.74) is 0. The van der Waals surface area contributed by atoms with Crippen molar-refractivity contribution < 1.29 is 22.6 Å². The number of alkyl halides is 3. The molecular formula is C13H8F3O2. The van der Waals surface area contributed by atoms with Gasteiger partial charge in [-0.3, -0.25) is 0 Å². The van der Waals surface area contributed by atoms with Crippen molar-refractivity contribution in [3.8, 4) is 17.2 Å². The molecule has 0 aliphatic carbocycles. The van der Waals surface area contributed by atoms with Crippen LogP contribution >= 0.6 is 0 Å². The van der Waals surface area contributed by atoms with Gasteiger partial charge < -0.3 is 9.47 Å². The van der Waals surface area contributed by atoms with Crippen LogP contribution in [0.3, 0.4) is 0 Å². The van der Waals surface area contributed by atoms with Crippen LogP contribution in [0.25, 0.3) is 0 Å². The molecule has 18 heavy (non-hydrogen) atoms. The molecule has 0 fully saturated rings.